The lowest BCUT2D eigenvalue weighted by molar-refractivity contribution is 0.0902. The predicted molar refractivity (Wildman–Crippen MR) is 150 cm³/mol. The first kappa shape index (κ1) is 24.7. The van der Waals surface area contributed by atoms with Crippen LogP contribution in [0.25, 0.3) is 38.0 Å². The molecule has 7 heteroatoms. The molecule has 0 amide bonds. The van der Waals surface area contributed by atoms with Gasteiger partial charge in [-0.05, 0) is 70.4 Å². The maximum absolute atomic E-state index is 9.88. The van der Waals surface area contributed by atoms with Gasteiger partial charge in [-0.3, -0.25) is 9.98 Å². The molecule has 2 atom stereocenters. The molecule has 5 rings (SSSR count). The van der Waals surface area contributed by atoms with Gasteiger partial charge in [-0.1, -0.05) is 13.0 Å². The van der Waals surface area contributed by atoms with Crippen molar-refractivity contribution in [2.24, 2.45) is 16.8 Å². The lowest BCUT2D eigenvalue weighted by Crippen LogP contribution is -2.28. The lowest BCUT2D eigenvalue weighted by atomic mass is 9.77. The molecule has 0 aliphatic heterocycles. The van der Waals surface area contributed by atoms with E-state index < -0.39 is 0 Å². The van der Waals surface area contributed by atoms with E-state index >= 15 is 0 Å². The van der Waals surface area contributed by atoms with Crippen LogP contribution in [-0.4, -0.2) is 32.9 Å². The van der Waals surface area contributed by atoms with Crippen LogP contribution in [0, 0.1) is 11.8 Å². The van der Waals surface area contributed by atoms with Crippen molar-refractivity contribution < 1.29 is 9.52 Å². The fourth-order valence-corrected chi connectivity index (χ4v) is 6.45. The second-order valence-corrected chi connectivity index (χ2v) is 10.9. The lowest BCUT2D eigenvalue weighted by Gasteiger charge is -2.32. The second kappa shape index (κ2) is 10.1. The second-order valence-electron chi connectivity index (χ2n) is 10.0. The minimum atomic E-state index is -0.132. The number of aliphatic imine (C=N–C) groups is 1. The van der Waals surface area contributed by atoms with Gasteiger partial charge >= 0.3 is 0 Å². The largest absolute Gasteiger partial charge is 0.452 e. The molecule has 0 saturated heterocycles. The van der Waals surface area contributed by atoms with E-state index in [2.05, 4.69) is 48.3 Å². The molecule has 1 aliphatic carbocycles. The quantitative estimate of drug-likeness (QED) is 0.273. The molecule has 188 valence electrons. The van der Waals surface area contributed by atoms with Crippen molar-refractivity contribution in [2.75, 3.05) is 5.73 Å². The minimum Gasteiger partial charge on any atom is -0.452 e. The Hall–Kier alpha value is -3.03. The first-order valence-electron chi connectivity index (χ1n) is 12.8. The maximum atomic E-state index is 9.88. The normalized spacial score (nSPS) is 21.2. The molecule has 6 nitrogen and oxygen atoms in total. The summed E-state index contributed by atoms with van der Waals surface area (Å²) in [5.74, 6) is 2.21. The van der Waals surface area contributed by atoms with E-state index in [1.54, 1.807) is 17.5 Å². The number of aromatic nitrogens is 2. The van der Waals surface area contributed by atoms with Crippen LogP contribution in [0.5, 0.6) is 0 Å². The van der Waals surface area contributed by atoms with Crippen molar-refractivity contribution in [3.63, 3.8) is 0 Å². The summed E-state index contributed by atoms with van der Waals surface area (Å²) in [6.07, 6.45) is 11.4. The van der Waals surface area contributed by atoms with Crippen LogP contribution >= 0.6 is 11.3 Å². The SMILES string of the molecule is CC=C(C(C)=NC(C)C(C)C1CCC(O)CC1)c1cnc(N)c2oc(-c3csc4cnccc34)cc12. The number of thiophene rings is 1. The summed E-state index contributed by atoms with van der Waals surface area (Å²) >= 11 is 1.65. The predicted octanol–water partition coefficient (Wildman–Crippen LogP) is 7.13. The van der Waals surface area contributed by atoms with E-state index in [0.29, 0.717) is 23.2 Å². The Balaban J connectivity index is 1.49. The zero-order chi connectivity index (χ0) is 25.4. The summed E-state index contributed by atoms with van der Waals surface area (Å²) < 4.78 is 7.40. The summed E-state index contributed by atoms with van der Waals surface area (Å²) in [4.78, 5) is 13.8. The molecule has 0 radical (unpaired) electrons. The van der Waals surface area contributed by atoms with Gasteiger partial charge in [-0.2, -0.15) is 0 Å². The van der Waals surface area contributed by atoms with Crippen LogP contribution in [0.2, 0.25) is 0 Å². The highest BCUT2D eigenvalue weighted by Gasteiger charge is 2.27. The summed E-state index contributed by atoms with van der Waals surface area (Å²) in [5.41, 5.74) is 10.9. The van der Waals surface area contributed by atoms with Crippen molar-refractivity contribution in [3.05, 3.63) is 47.7 Å². The number of nitrogens with two attached hydrogens (primary N) is 1. The molecule has 0 spiro atoms. The van der Waals surface area contributed by atoms with Crippen molar-refractivity contribution in [1.82, 2.24) is 9.97 Å². The molecular formula is C29H34N4O2S. The molecule has 0 bridgehead atoms. The van der Waals surface area contributed by atoms with Crippen LogP contribution in [0.4, 0.5) is 5.82 Å². The van der Waals surface area contributed by atoms with Gasteiger partial charge in [0.05, 0.1) is 16.8 Å². The number of pyridine rings is 2. The van der Waals surface area contributed by atoms with E-state index in [9.17, 15) is 5.11 Å². The molecule has 4 heterocycles. The molecule has 4 aromatic rings. The van der Waals surface area contributed by atoms with Crippen LogP contribution in [0.3, 0.4) is 0 Å². The van der Waals surface area contributed by atoms with Gasteiger partial charge in [0.15, 0.2) is 11.4 Å². The molecule has 0 aromatic carbocycles. The Bertz CT molecular complexity index is 1440. The molecule has 1 fully saturated rings. The van der Waals surface area contributed by atoms with Gasteiger partial charge in [-0.25, -0.2) is 4.98 Å². The monoisotopic (exact) mass is 502 g/mol. The maximum Gasteiger partial charge on any atom is 0.177 e. The van der Waals surface area contributed by atoms with E-state index in [1.165, 1.54) is 0 Å². The molecule has 4 aromatic heterocycles. The van der Waals surface area contributed by atoms with Crippen molar-refractivity contribution in [3.8, 4) is 11.3 Å². The number of nitrogen functional groups attached to an aromatic ring is 1. The van der Waals surface area contributed by atoms with E-state index in [0.717, 1.165) is 69.3 Å². The van der Waals surface area contributed by atoms with E-state index in [4.69, 9.17) is 15.1 Å². The van der Waals surface area contributed by atoms with Crippen LogP contribution in [-0.2, 0) is 0 Å². The summed E-state index contributed by atoms with van der Waals surface area (Å²) in [7, 11) is 0. The molecule has 36 heavy (non-hydrogen) atoms. The smallest absolute Gasteiger partial charge is 0.177 e. The van der Waals surface area contributed by atoms with Crippen LogP contribution in [0.1, 0.15) is 58.9 Å². The Labute approximate surface area is 216 Å². The van der Waals surface area contributed by atoms with E-state index in [1.807, 2.05) is 25.4 Å². The number of fused-ring (bicyclic) bond motifs is 2. The average Bonchev–Trinajstić information content (AvgIpc) is 3.51. The topological polar surface area (TPSA) is 97.5 Å². The Morgan fingerprint density at radius 3 is 2.75 bits per heavy atom. The Morgan fingerprint density at radius 1 is 1.22 bits per heavy atom. The highest BCUT2D eigenvalue weighted by Crippen LogP contribution is 2.40. The number of allylic oxidation sites excluding steroid dienone is 2. The van der Waals surface area contributed by atoms with Crippen LogP contribution < -0.4 is 5.73 Å². The number of rotatable bonds is 6. The van der Waals surface area contributed by atoms with Crippen molar-refractivity contribution in [2.45, 2.75) is 65.5 Å². The molecule has 1 saturated carbocycles. The number of nitrogens with zero attached hydrogens (tertiary/aromatic N) is 3. The third-order valence-electron chi connectivity index (χ3n) is 7.84. The fraction of sp³-hybridized carbons (Fsp3) is 0.414. The summed E-state index contributed by atoms with van der Waals surface area (Å²) in [5, 5.41) is 14.0. The zero-order valence-corrected chi connectivity index (χ0v) is 22.2. The fourth-order valence-electron chi connectivity index (χ4n) is 5.54. The number of aliphatic hydroxyl groups is 1. The van der Waals surface area contributed by atoms with Crippen LogP contribution in [0.15, 0.2) is 51.6 Å². The van der Waals surface area contributed by atoms with E-state index in [-0.39, 0.29) is 12.1 Å². The number of furan rings is 1. The first-order valence-corrected chi connectivity index (χ1v) is 13.6. The zero-order valence-electron chi connectivity index (χ0n) is 21.4. The number of anilines is 1. The number of aliphatic hydroxyl groups excluding tert-OH is 1. The highest BCUT2D eigenvalue weighted by molar-refractivity contribution is 7.17. The average molecular weight is 503 g/mol. The van der Waals surface area contributed by atoms with Gasteiger partial charge in [0, 0.05) is 57.2 Å². The standard InChI is InChI=1S/C29H34N4O2S/c1-5-21(18(4)33-17(3)16(2)19-6-8-20(34)9-7-19)24-13-32-29(30)28-23(24)12-26(35-28)25-15-36-27-14-31-11-10-22(25)27/h5,10-17,19-20,34H,6-9H2,1-4H3,(H2,30,32). The van der Waals surface area contributed by atoms with Crippen molar-refractivity contribution >= 4 is 49.5 Å². The molecule has 3 N–H and O–H groups in total. The minimum absolute atomic E-state index is 0.132. The van der Waals surface area contributed by atoms with Gasteiger partial charge in [0.2, 0.25) is 0 Å². The Kier molecular flexibility index (Phi) is 6.95. The number of hydrogen-bond donors (Lipinski definition) is 2. The van der Waals surface area contributed by atoms with Gasteiger partial charge < -0.3 is 15.3 Å². The van der Waals surface area contributed by atoms with Gasteiger partial charge in [0.25, 0.3) is 0 Å². The Morgan fingerprint density at radius 2 is 2.00 bits per heavy atom. The van der Waals surface area contributed by atoms with Gasteiger partial charge in [-0.15, -0.1) is 11.3 Å². The summed E-state index contributed by atoms with van der Waals surface area (Å²) in [6, 6.07) is 4.27. The molecule has 2 unspecified atom stereocenters. The summed E-state index contributed by atoms with van der Waals surface area (Å²) in [6.45, 7) is 8.61. The molecular weight excluding hydrogens is 468 g/mol. The van der Waals surface area contributed by atoms with Gasteiger partial charge in [0.1, 0.15) is 5.76 Å². The van der Waals surface area contributed by atoms with Crippen molar-refractivity contribution in [1.29, 1.82) is 0 Å². The highest BCUT2D eigenvalue weighted by atomic mass is 32.1. The third kappa shape index (κ3) is 4.58. The first-order chi connectivity index (χ1) is 17.4. The third-order valence-corrected chi connectivity index (χ3v) is 8.78. The molecule has 1 aliphatic rings. The number of hydrogen-bond acceptors (Lipinski definition) is 7.